The Morgan fingerprint density at radius 1 is 1.12 bits per heavy atom. The van der Waals surface area contributed by atoms with E-state index >= 15 is 0 Å². The second-order valence-electron chi connectivity index (χ2n) is 7.78. The summed E-state index contributed by atoms with van der Waals surface area (Å²) in [7, 11) is -3.95. The summed E-state index contributed by atoms with van der Waals surface area (Å²) in [4.78, 5) is -0.179. The number of aromatic amines is 1. The lowest BCUT2D eigenvalue weighted by Gasteiger charge is -2.15. The fourth-order valence-corrected chi connectivity index (χ4v) is 4.55. The van der Waals surface area contributed by atoms with E-state index in [2.05, 4.69) is 20.2 Å². The molecule has 1 atom stereocenters. The van der Waals surface area contributed by atoms with Gasteiger partial charge in [-0.1, -0.05) is 18.2 Å². The zero-order valence-electron chi connectivity index (χ0n) is 18.5. The van der Waals surface area contributed by atoms with Crippen molar-refractivity contribution in [2.24, 2.45) is 0 Å². The van der Waals surface area contributed by atoms with E-state index in [9.17, 15) is 17.9 Å². The third kappa shape index (κ3) is 5.71. The number of anilines is 1. The molecule has 4 aromatic rings. The highest BCUT2D eigenvalue weighted by atomic mass is 32.2. The van der Waals surface area contributed by atoms with Crippen molar-refractivity contribution in [1.29, 1.82) is 0 Å². The zero-order chi connectivity index (χ0) is 24.1. The van der Waals surface area contributed by atoms with Crippen LogP contribution in [0, 0.1) is 12.7 Å². The minimum atomic E-state index is -3.95. The number of aliphatic hydroxyl groups is 1. The number of sulfonamides is 1. The number of fused-ring (bicyclic) bond motifs is 1. The number of nitrogens with one attached hydrogen (secondary N) is 3. The predicted molar refractivity (Wildman–Crippen MR) is 128 cm³/mol. The Morgan fingerprint density at radius 2 is 1.94 bits per heavy atom. The van der Waals surface area contributed by atoms with Gasteiger partial charge in [0.2, 0.25) is 0 Å². The van der Waals surface area contributed by atoms with Crippen molar-refractivity contribution >= 4 is 26.6 Å². The lowest BCUT2D eigenvalue weighted by Crippen LogP contribution is -2.26. The molecule has 1 unspecified atom stereocenters. The molecule has 0 aliphatic rings. The molecular formula is C24H25FN4O4S. The Kier molecular flexibility index (Phi) is 7.11. The molecule has 0 aliphatic carbocycles. The highest BCUT2D eigenvalue weighted by molar-refractivity contribution is 7.92. The van der Waals surface area contributed by atoms with Gasteiger partial charge < -0.3 is 15.2 Å². The molecule has 10 heteroatoms. The SMILES string of the molecule is Cc1[nH]nc2cc(OCCNCC(O)c3cccc(NS(=O)(=O)c4cccc(F)c4)c3)ccc12. The van der Waals surface area contributed by atoms with E-state index in [0.29, 0.717) is 24.5 Å². The van der Waals surface area contributed by atoms with Crippen LogP contribution >= 0.6 is 0 Å². The van der Waals surface area contributed by atoms with Crippen LogP contribution in [0.25, 0.3) is 10.9 Å². The summed E-state index contributed by atoms with van der Waals surface area (Å²) in [5, 5.41) is 21.8. The highest BCUT2D eigenvalue weighted by Crippen LogP contribution is 2.22. The molecule has 3 aromatic carbocycles. The van der Waals surface area contributed by atoms with Gasteiger partial charge in [-0.15, -0.1) is 0 Å². The summed E-state index contributed by atoms with van der Waals surface area (Å²) in [5.74, 6) is 0.0681. The van der Waals surface area contributed by atoms with Crippen molar-refractivity contribution in [2.45, 2.75) is 17.9 Å². The van der Waals surface area contributed by atoms with E-state index in [0.717, 1.165) is 22.7 Å². The summed E-state index contributed by atoms with van der Waals surface area (Å²) in [6.07, 6.45) is -0.859. The maximum atomic E-state index is 13.4. The molecule has 0 saturated heterocycles. The molecule has 34 heavy (non-hydrogen) atoms. The number of halogens is 1. The van der Waals surface area contributed by atoms with Crippen LogP contribution in [0.5, 0.6) is 5.75 Å². The molecular weight excluding hydrogens is 459 g/mol. The van der Waals surface area contributed by atoms with Crippen molar-refractivity contribution in [3.63, 3.8) is 0 Å². The maximum absolute atomic E-state index is 13.4. The second-order valence-corrected chi connectivity index (χ2v) is 9.47. The average molecular weight is 485 g/mol. The average Bonchev–Trinajstić information content (AvgIpc) is 3.18. The quantitative estimate of drug-likeness (QED) is 0.256. The topological polar surface area (TPSA) is 116 Å². The molecule has 8 nitrogen and oxygen atoms in total. The number of ether oxygens (including phenoxy) is 1. The number of hydrogen-bond donors (Lipinski definition) is 4. The predicted octanol–water partition coefficient (Wildman–Crippen LogP) is 3.51. The van der Waals surface area contributed by atoms with Gasteiger partial charge in [-0.05, 0) is 55.0 Å². The van der Waals surface area contributed by atoms with Gasteiger partial charge in [-0.3, -0.25) is 9.82 Å². The molecule has 1 aromatic heterocycles. The van der Waals surface area contributed by atoms with Gasteiger partial charge in [0.25, 0.3) is 10.0 Å². The van der Waals surface area contributed by atoms with Crippen LogP contribution in [0.3, 0.4) is 0 Å². The number of benzene rings is 3. The van der Waals surface area contributed by atoms with Crippen LogP contribution < -0.4 is 14.8 Å². The molecule has 1 heterocycles. The van der Waals surface area contributed by atoms with E-state index in [1.54, 1.807) is 24.3 Å². The molecule has 0 fully saturated rings. The van der Waals surface area contributed by atoms with Gasteiger partial charge in [-0.2, -0.15) is 5.10 Å². The van der Waals surface area contributed by atoms with E-state index < -0.39 is 21.9 Å². The van der Waals surface area contributed by atoms with Gasteiger partial charge in [0, 0.05) is 35.9 Å². The summed E-state index contributed by atoms with van der Waals surface area (Å²) in [6.45, 7) is 3.11. The number of H-pyrrole nitrogens is 1. The van der Waals surface area contributed by atoms with Crippen LogP contribution in [0.1, 0.15) is 17.4 Å². The Labute approximate surface area is 196 Å². The van der Waals surface area contributed by atoms with Gasteiger partial charge in [0.15, 0.2) is 0 Å². The molecule has 0 bridgehead atoms. The first-order chi connectivity index (χ1) is 16.3. The molecule has 4 N–H and O–H groups in total. The second kappa shape index (κ2) is 10.2. The fraction of sp³-hybridized carbons (Fsp3) is 0.208. The van der Waals surface area contributed by atoms with Crippen molar-refractivity contribution < 1.29 is 22.7 Å². The number of nitrogens with zero attached hydrogens (tertiary/aromatic N) is 1. The molecule has 0 spiro atoms. The normalized spacial score (nSPS) is 12.6. The van der Waals surface area contributed by atoms with Crippen LogP contribution in [0.4, 0.5) is 10.1 Å². The molecule has 0 radical (unpaired) electrons. The first kappa shape index (κ1) is 23.7. The third-order valence-electron chi connectivity index (χ3n) is 5.23. The number of rotatable bonds is 10. The smallest absolute Gasteiger partial charge is 0.261 e. The lowest BCUT2D eigenvalue weighted by molar-refractivity contribution is 0.172. The number of aromatic nitrogens is 2. The molecule has 0 saturated carbocycles. The molecule has 0 amide bonds. The van der Waals surface area contributed by atoms with Crippen molar-refractivity contribution in [3.05, 3.63) is 83.8 Å². The monoisotopic (exact) mass is 484 g/mol. The Morgan fingerprint density at radius 3 is 2.76 bits per heavy atom. The van der Waals surface area contributed by atoms with E-state index in [1.165, 1.54) is 18.2 Å². The standard InChI is InChI=1S/C24H25FN4O4S/c1-16-22-9-8-20(14-23(22)28-27-16)33-11-10-26-15-24(30)17-4-2-6-19(12-17)29-34(31,32)21-7-3-5-18(25)13-21/h2-9,12-14,24,26,29-30H,10-11,15H2,1H3,(H,27,28). The van der Waals surface area contributed by atoms with Crippen molar-refractivity contribution in [3.8, 4) is 5.75 Å². The van der Waals surface area contributed by atoms with Crippen LogP contribution in [-0.2, 0) is 10.0 Å². The molecule has 4 rings (SSSR count). The third-order valence-corrected chi connectivity index (χ3v) is 6.61. The Balaban J connectivity index is 1.27. The largest absolute Gasteiger partial charge is 0.492 e. The van der Waals surface area contributed by atoms with Gasteiger partial charge in [0.1, 0.15) is 18.2 Å². The van der Waals surface area contributed by atoms with Crippen LogP contribution in [0.15, 0.2) is 71.6 Å². The lowest BCUT2D eigenvalue weighted by atomic mass is 10.1. The first-order valence-electron chi connectivity index (χ1n) is 10.7. The summed E-state index contributed by atoms with van der Waals surface area (Å²) >= 11 is 0. The van der Waals surface area contributed by atoms with Crippen molar-refractivity contribution in [2.75, 3.05) is 24.4 Å². The number of hydrogen-bond acceptors (Lipinski definition) is 6. The summed E-state index contributed by atoms with van der Waals surface area (Å²) in [6, 6.07) is 16.9. The van der Waals surface area contributed by atoms with Crippen LogP contribution in [-0.4, -0.2) is 43.4 Å². The highest BCUT2D eigenvalue weighted by Gasteiger charge is 2.16. The first-order valence-corrected chi connectivity index (χ1v) is 12.1. The fourth-order valence-electron chi connectivity index (χ4n) is 3.47. The molecule has 178 valence electrons. The molecule has 0 aliphatic heterocycles. The zero-order valence-corrected chi connectivity index (χ0v) is 19.3. The summed E-state index contributed by atoms with van der Waals surface area (Å²) in [5.41, 5.74) is 2.65. The minimum Gasteiger partial charge on any atom is -0.492 e. The maximum Gasteiger partial charge on any atom is 0.261 e. The Bertz CT molecular complexity index is 1390. The number of aryl methyl sites for hydroxylation is 1. The van der Waals surface area contributed by atoms with E-state index in [1.807, 2.05) is 25.1 Å². The van der Waals surface area contributed by atoms with E-state index in [-0.39, 0.29) is 17.1 Å². The van der Waals surface area contributed by atoms with E-state index in [4.69, 9.17) is 4.74 Å². The van der Waals surface area contributed by atoms with Crippen LogP contribution in [0.2, 0.25) is 0 Å². The van der Waals surface area contributed by atoms with Gasteiger partial charge >= 0.3 is 0 Å². The van der Waals surface area contributed by atoms with Crippen molar-refractivity contribution in [1.82, 2.24) is 15.5 Å². The minimum absolute atomic E-state index is 0.179. The number of aliphatic hydroxyl groups excluding tert-OH is 1. The van der Waals surface area contributed by atoms with Gasteiger partial charge in [-0.25, -0.2) is 12.8 Å². The summed E-state index contributed by atoms with van der Waals surface area (Å²) < 4.78 is 46.5. The Hall–Kier alpha value is -3.47. The van der Waals surface area contributed by atoms with Gasteiger partial charge in [0.05, 0.1) is 16.5 Å².